The molecule has 0 bridgehead atoms. The van der Waals surface area contributed by atoms with E-state index in [-0.39, 0.29) is 22.4 Å². The highest BCUT2D eigenvalue weighted by Crippen LogP contribution is 2.34. The van der Waals surface area contributed by atoms with Crippen LogP contribution in [0.15, 0.2) is 41.5 Å². The molecule has 0 radical (unpaired) electrons. The lowest BCUT2D eigenvalue weighted by Crippen LogP contribution is -2.22. The lowest BCUT2D eigenvalue weighted by molar-refractivity contribution is 0.0955. The van der Waals surface area contributed by atoms with Crippen molar-refractivity contribution in [1.29, 1.82) is 0 Å². The van der Waals surface area contributed by atoms with E-state index in [2.05, 4.69) is 29.3 Å². The van der Waals surface area contributed by atoms with Crippen LogP contribution in [0.3, 0.4) is 0 Å². The number of phenols is 1. The maximum Gasteiger partial charge on any atom is 0.271 e. The van der Waals surface area contributed by atoms with Gasteiger partial charge in [-0.05, 0) is 55.8 Å². The number of amides is 1. The predicted octanol–water partition coefficient (Wildman–Crippen LogP) is 3.66. The van der Waals surface area contributed by atoms with Crippen LogP contribution in [0.25, 0.3) is 0 Å². The molecule has 7 heteroatoms. The molecule has 2 aromatic carbocycles. The Morgan fingerprint density at radius 1 is 1.27 bits per heavy atom. The minimum atomic E-state index is -0.316. The fraction of sp³-hybridized carbons (Fsp3) is 0.263. The Morgan fingerprint density at radius 2 is 1.92 bits per heavy atom. The van der Waals surface area contributed by atoms with E-state index in [1.807, 2.05) is 12.1 Å². The summed E-state index contributed by atoms with van der Waals surface area (Å²) in [6.07, 6.45) is 1.43. The van der Waals surface area contributed by atoms with Gasteiger partial charge < -0.3 is 14.7 Å². The van der Waals surface area contributed by atoms with E-state index >= 15 is 0 Å². The molecule has 0 aromatic heterocycles. The van der Waals surface area contributed by atoms with E-state index in [0.29, 0.717) is 11.1 Å². The van der Waals surface area contributed by atoms with Crippen LogP contribution in [0.1, 0.15) is 29.8 Å². The van der Waals surface area contributed by atoms with Gasteiger partial charge in [0.15, 0.2) is 11.5 Å². The molecule has 0 heterocycles. The van der Waals surface area contributed by atoms with E-state index in [1.54, 1.807) is 18.2 Å². The molecule has 0 unspecified atom stereocenters. The highest BCUT2D eigenvalue weighted by Gasteiger charge is 2.09. The predicted molar refractivity (Wildman–Crippen MR) is 105 cm³/mol. The van der Waals surface area contributed by atoms with Crippen LogP contribution < -0.4 is 15.1 Å². The van der Waals surface area contributed by atoms with Crippen LogP contribution in [-0.2, 0) is 0 Å². The molecule has 0 fully saturated rings. The Bertz CT molecular complexity index is 787. The summed E-state index contributed by atoms with van der Waals surface area (Å²) < 4.78 is 5.02. The van der Waals surface area contributed by atoms with E-state index < -0.39 is 0 Å². The van der Waals surface area contributed by atoms with Crippen LogP contribution in [0.2, 0.25) is 5.02 Å². The molecule has 0 atom stereocenters. The lowest BCUT2D eigenvalue weighted by atomic mass is 10.2. The maximum absolute atomic E-state index is 12.2. The average molecular weight is 376 g/mol. The monoisotopic (exact) mass is 375 g/mol. The second kappa shape index (κ2) is 9.10. The molecule has 0 aliphatic heterocycles. The summed E-state index contributed by atoms with van der Waals surface area (Å²) in [6.45, 7) is 5.99. The summed E-state index contributed by atoms with van der Waals surface area (Å²) in [6, 6.07) is 10.4. The Labute approximate surface area is 158 Å². The van der Waals surface area contributed by atoms with Crippen molar-refractivity contribution in [3.8, 4) is 11.5 Å². The van der Waals surface area contributed by atoms with E-state index in [9.17, 15) is 9.90 Å². The molecular formula is C19H22ClN3O3. The number of anilines is 1. The molecule has 138 valence electrons. The molecule has 0 aliphatic carbocycles. The van der Waals surface area contributed by atoms with Crippen molar-refractivity contribution in [1.82, 2.24) is 5.43 Å². The smallest absolute Gasteiger partial charge is 0.271 e. The Hall–Kier alpha value is -2.73. The number of nitrogens with zero attached hydrogens (tertiary/aromatic N) is 2. The number of rotatable bonds is 7. The number of benzene rings is 2. The number of hydrazone groups is 1. The molecule has 26 heavy (non-hydrogen) atoms. The minimum Gasteiger partial charge on any atom is -0.503 e. The fourth-order valence-electron chi connectivity index (χ4n) is 2.47. The standard InChI is InChI=1S/C19H22ClN3O3/c1-4-23(5-2)15-8-6-14(7-9-15)19(25)22-21-12-13-10-16(20)18(24)17(11-13)26-3/h6-12,24H,4-5H2,1-3H3,(H,22,25)/b21-12+. The topological polar surface area (TPSA) is 74.2 Å². The second-order valence-electron chi connectivity index (χ2n) is 5.47. The number of carbonyl (C=O) groups excluding carboxylic acids is 1. The molecular weight excluding hydrogens is 354 g/mol. The number of methoxy groups -OCH3 is 1. The van der Waals surface area contributed by atoms with Crippen molar-refractivity contribution in [3.63, 3.8) is 0 Å². The highest BCUT2D eigenvalue weighted by molar-refractivity contribution is 6.32. The summed E-state index contributed by atoms with van der Waals surface area (Å²) in [7, 11) is 1.43. The van der Waals surface area contributed by atoms with E-state index in [4.69, 9.17) is 16.3 Å². The lowest BCUT2D eigenvalue weighted by Gasteiger charge is -2.20. The summed E-state index contributed by atoms with van der Waals surface area (Å²) in [5, 5.41) is 13.8. The van der Waals surface area contributed by atoms with Crippen LogP contribution in [0, 0.1) is 0 Å². The first-order valence-electron chi connectivity index (χ1n) is 8.25. The zero-order valence-corrected chi connectivity index (χ0v) is 15.7. The van der Waals surface area contributed by atoms with Crippen molar-refractivity contribution in [2.24, 2.45) is 5.10 Å². The van der Waals surface area contributed by atoms with Crippen LogP contribution in [0.5, 0.6) is 11.5 Å². The largest absolute Gasteiger partial charge is 0.503 e. The van der Waals surface area contributed by atoms with Crippen LogP contribution in [0.4, 0.5) is 5.69 Å². The van der Waals surface area contributed by atoms with E-state index in [0.717, 1.165) is 18.8 Å². The van der Waals surface area contributed by atoms with Gasteiger partial charge in [0, 0.05) is 24.3 Å². The Kier molecular flexibility index (Phi) is 6.86. The summed E-state index contributed by atoms with van der Waals surface area (Å²) in [5.41, 5.74) is 4.63. The minimum absolute atomic E-state index is 0.136. The van der Waals surface area contributed by atoms with Gasteiger partial charge in [-0.3, -0.25) is 4.79 Å². The van der Waals surface area contributed by atoms with Crippen molar-refractivity contribution >= 4 is 29.4 Å². The molecule has 2 aromatic rings. The molecule has 0 saturated heterocycles. The van der Waals surface area contributed by atoms with Gasteiger partial charge in [0.05, 0.1) is 18.3 Å². The van der Waals surface area contributed by atoms with Gasteiger partial charge in [0.2, 0.25) is 0 Å². The number of ether oxygens (including phenoxy) is 1. The van der Waals surface area contributed by atoms with Gasteiger partial charge in [-0.1, -0.05) is 11.6 Å². The first kappa shape index (κ1) is 19.6. The molecule has 2 rings (SSSR count). The number of phenolic OH excluding ortho intramolecular Hbond substituents is 1. The molecule has 1 amide bonds. The molecule has 6 nitrogen and oxygen atoms in total. The van der Waals surface area contributed by atoms with Crippen LogP contribution >= 0.6 is 11.6 Å². The van der Waals surface area contributed by atoms with Crippen molar-refractivity contribution < 1.29 is 14.6 Å². The maximum atomic E-state index is 12.2. The van der Waals surface area contributed by atoms with Gasteiger partial charge >= 0.3 is 0 Å². The van der Waals surface area contributed by atoms with Gasteiger partial charge in [0.25, 0.3) is 5.91 Å². The Morgan fingerprint density at radius 3 is 2.50 bits per heavy atom. The summed E-state index contributed by atoms with van der Waals surface area (Å²) in [4.78, 5) is 14.4. The fourth-order valence-corrected chi connectivity index (χ4v) is 2.69. The molecule has 0 aliphatic rings. The zero-order chi connectivity index (χ0) is 19.1. The van der Waals surface area contributed by atoms with Gasteiger partial charge in [-0.2, -0.15) is 5.10 Å². The SMILES string of the molecule is CCN(CC)c1ccc(C(=O)N/N=C/c2cc(Cl)c(O)c(OC)c2)cc1. The molecule has 0 spiro atoms. The summed E-state index contributed by atoms with van der Waals surface area (Å²) >= 11 is 5.92. The van der Waals surface area contributed by atoms with Gasteiger partial charge in [0.1, 0.15) is 0 Å². The highest BCUT2D eigenvalue weighted by atomic mass is 35.5. The van der Waals surface area contributed by atoms with Gasteiger partial charge in [-0.25, -0.2) is 5.43 Å². The average Bonchev–Trinajstić information content (AvgIpc) is 2.65. The normalized spacial score (nSPS) is 10.8. The first-order chi connectivity index (χ1) is 12.5. The molecule has 2 N–H and O–H groups in total. The van der Waals surface area contributed by atoms with Gasteiger partial charge in [-0.15, -0.1) is 0 Å². The van der Waals surface area contributed by atoms with E-state index in [1.165, 1.54) is 19.4 Å². The number of halogens is 1. The van der Waals surface area contributed by atoms with Crippen molar-refractivity contribution in [2.45, 2.75) is 13.8 Å². The number of nitrogens with one attached hydrogen (secondary N) is 1. The number of hydrogen-bond donors (Lipinski definition) is 2. The Balaban J connectivity index is 2.04. The van der Waals surface area contributed by atoms with Crippen molar-refractivity contribution in [2.75, 3.05) is 25.1 Å². The quantitative estimate of drug-likeness (QED) is 0.572. The number of aromatic hydroxyl groups is 1. The van der Waals surface area contributed by atoms with Crippen molar-refractivity contribution in [3.05, 3.63) is 52.5 Å². The third kappa shape index (κ3) is 4.67. The first-order valence-corrected chi connectivity index (χ1v) is 8.62. The summed E-state index contributed by atoms with van der Waals surface area (Å²) in [5.74, 6) is -0.218. The molecule has 0 saturated carbocycles. The zero-order valence-electron chi connectivity index (χ0n) is 15.0. The third-order valence-electron chi connectivity index (χ3n) is 3.91. The third-order valence-corrected chi connectivity index (χ3v) is 4.20. The number of hydrogen-bond acceptors (Lipinski definition) is 5. The van der Waals surface area contributed by atoms with Crippen LogP contribution in [-0.4, -0.2) is 37.4 Å². The number of carbonyl (C=O) groups is 1. The second-order valence-corrected chi connectivity index (χ2v) is 5.88.